The molecule has 0 amide bonds. The first-order chi connectivity index (χ1) is 5.97. The largest absolute Gasteiger partial charge is 0.450 e. The molecule has 0 rings (SSSR count). The van der Waals surface area contributed by atoms with Gasteiger partial charge in [-0.05, 0) is 5.41 Å². The summed E-state index contributed by atoms with van der Waals surface area (Å²) in [7, 11) is 0. The minimum absolute atomic E-state index is 0.530. The van der Waals surface area contributed by atoms with E-state index in [1.54, 1.807) is 20.8 Å². The molecule has 0 heterocycles. The van der Waals surface area contributed by atoms with Crippen LogP contribution in [-0.4, -0.2) is 12.0 Å². The molecule has 84 valence electrons. The minimum atomic E-state index is -4.74. The van der Waals surface area contributed by atoms with Gasteiger partial charge < -0.3 is 0 Å². The van der Waals surface area contributed by atoms with E-state index >= 15 is 0 Å². The molecule has 0 atom stereocenters. The van der Waals surface area contributed by atoms with Crippen molar-refractivity contribution < 1.29 is 18.0 Å². The first kappa shape index (κ1) is 13.5. The van der Waals surface area contributed by atoms with Gasteiger partial charge >= 0.3 is 6.18 Å². The number of hydrogen-bond donors (Lipinski definition) is 0. The highest BCUT2D eigenvalue weighted by Crippen LogP contribution is 2.45. The molecule has 0 aliphatic carbocycles. The molecule has 0 radical (unpaired) electrons. The third-order valence-corrected chi connectivity index (χ3v) is 3.40. The van der Waals surface area contributed by atoms with Crippen LogP contribution in [0, 0.1) is 10.8 Å². The Balaban J connectivity index is 5.07. The van der Waals surface area contributed by atoms with E-state index in [4.69, 9.17) is 0 Å². The lowest BCUT2D eigenvalue weighted by atomic mass is 9.64. The molecular weight excluding hydrogens is 193 g/mol. The third-order valence-electron chi connectivity index (χ3n) is 3.40. The highest BCUT2D eigenvalue weighted by molar-refractivity contribution is 5.89. The SMILES string of the molecule is CCC(C)(C)C(C)(C)C(=O)C(F)(F)F. The average Bonchev–Trinajstić information content (AvgIpc) is 2.01. The van der Waals surface area contributed by atoms with Crippen molar-refractivity contribution in [1.82, 2.24) is 0 Å². The third kappa shape index (κ3) is 2.28. The molecule has 0 saturated carbocycles. The van der Waals surface area contributed by atoms with E-state index in [2.05, 4.69) is 0 Å². The molecule has 0 aromatic rings. The van der Waals surface area contributed by atoms with Crippen LogP contribution in [0.5, 0.6) is 0 Å². The number of rotatable bonds is 3. The van der Waals surface area contributed by atoms with Crippen LogP contribution in [-0.2, 0) is 4.79 Å². The molecule has 0 bridgehead atoms. The van der Waals surface area contributed by atoms with E-state index in [-0.39, 0.29) is 0 Å². The van der Waals surface area contributed by atoms with Crippen molar-refractivity contribution in [1.29, 1.82) is 0 Å². The van der Waals surface area contributed by atoms with E-state index in [1.807, 2.05) is 0 Å². The van der Waals surface area contributed by atoms with Crippen molar-refractivity contribution in [2.45, 2.75) is 47.2 Å². The van der Waals surface area contributed by atoms with Crippen molar-refractivity contribution >= 4 is 5.78 Å². The first-order valence-electron chi connectivity index (χ1n) is 4.58. The highest BCUT2D eigenvalue weighted by Gasteiger charge is 2.53. The van der Waals surface area contributed by atoms with Crippen LogP contribution >= 0.6 is 0 Å². The summed E-state index contributed by atoms with van der Waals surface area (Å²) in [4.78, 5) is 11.2. The topological polar surface area (TPSA) is 17.1 Å². The zero-order valence-electron chi connectivity index (χ0n) is 9.25. The quantitative estimate of drug-likeness (QED) is 0.695. The fraction of sp³-hybridized carbons (Fsp3) is 0.900. The Kier molecular flexibility index (Phi) is 3.42. The molecule has 0 aromatic carbocycles. The van der Waals surface area contributed by atoms with Gasteiger partial charge in [-0.25, -0.2) is 0 Å². The minimum Gasteiger partial charge on any atom is -0.289 e. The summed E-state index contributed by atoms with van der Waals surface area (Å²) in [6.45, 7) is 7.84. The Bertz CT molecular complexity index is 226. The molecule has 0 N–H and O–H groups in total. The lowest BCUT2D eigenvalue weighted by Gasteiger charge is -2.39. The van der Waals surface area contributed by atoms with Crippen molar-refractivity contribution in [2.75, 3.05) is 0 Å². The van der Waals surface area contributed by atoms with Crippen LogP contribution in [0.2, 0.25) is 0 Å². The second-order valence-corrected chi connectivity index (χ2v) is 4.69. The Morgan fingerprint density at radius 1 is 1.07 bits per heavy atom. The van der Waals surface area contributed by atoms with Crippen LogP contribution in [0.1, 0.15) is 41.0 Å². The second kappa shape index (κ2) is 3.55. The number of ketones is 1. The molecule has 1 nitrogen and oxygen atoms in total. The van der Waals surface area contributed by atoms with Gasteiger partial charge in [0.25, 0.3) is 0 Å². The van der Waals surface area contributed by atoms with Gasteiger partial charge in [0.05, 0.1) is 0 Å². The van der Waals surface area contributed by atoms with Gasteiger partial charge in [-0.3, -0.25) is 4.79 Å². The molecule has 0 spiro atoms. The van der Waals surface area contributed by atoms with Gasteiger partial charge in [0.1, 0.15) is 0 Å². The van der Waals surface area contributed by atoms with Gasteiger partial charge in [-0.2, -0.15) is 13.2 Å². The van der Waals surface area contributed by atoms with Gasteiger partial charge in [0, 0.05) is 5.41 Å². The van der Waals surface area contributed by atoms with Gasteiger partial charge in [-0.15, -0.1) is 0 Å². The lowest BCUT2D eigenvalue weighted by molar-refractivity contribution is -0.186. The predicted octanol–water partition coefficient (Wildman–Crippen LogP) is 3.58. The van der Waals surface area contributed by atoms with Crippen LogP contribution in [0.25, 0.3) is 0 Å². The van der Waals surface area contributed by atoms with E-state index < -0.39 is 22.8 Å². The second-order valence-electron chi connectivity index (χ2n) is 4.69. The monoisotopic (exact) mass is 210 g/mol. The number of alkyl halides is 3. The van der Waals surface area contributed by atoms with Crippen LogP contribution in [0.3, 0.4) is 0 Å². The van der Waals surface area contributed by atoms with Crippen molar-refractivity contribution in [3.8, 4) is 0 Å². The number of carbonyl (C=O) groups excluding carboxylic acids is 1. The molecular formula is C10H17F3O. The Morgan fingerprint density at radius 2 is 1.43 bits per heavy atom. The maximum atomic E-state index is 12.3. The van der Waals surface area contributed by atoms with Gasteiger partial charge in [0.2, 0.25) is 5.78 Å². The summed E-state index contributed by atoms with van der Waals surface area (Å²) in [5.41, 5.74) is -2.03. The number of Topliss-reactive ketones (excluding diaryl/α,β-unsaturated/α-hetero) is 1. The first-order valence-corrected chi connectivity index (χ1v) is 4.58. The van der Waals surface area contributed by atoms with Crippen LogP contribution in [0.15, 0.2) is 0 Å². The smallest absolute Gasteiger partial charge is 0.289 e. The predicted molar refractivity (Wildman–Crippen MR) is 48.9 cm³/mol. The lowest BCUT2D eigenvalue weighted by Crippen LogP contribution is -2.46. The molecule has 4 heteroatoms. The van der Waals surface area contributed by atoms with Crippen molar-refractivity contribution in [3.05, 3.63) is 0 Å². The molecule has 0 aromatic heterocycles. The average molecular weight is 210 g/mol. The van der Waals surface area contributed by atoms with E-state index in [0.717, 1.165) is 0 Å². The summed E-state index contributed by atoms with van der Waals surface area (Å²) in [5.74, 6) is -1.64. The summed E-state index contributed by atoms with van der Waals surface area (Å²) in [5, 5.41) is 0. The van der Waals surface area contributed by atoms with Gasteiger partial charge in [0.15, 0.2) is 0 Å². The van der Waals surface area contributed by atoms with Crippen molar-refractivity contribution in [2.24, 2.45) is 10.8 Å². The fourth-order valence-corrected chi connectivity index (χ4v) is 1.10. The van der Waals surface area contributed by atoms with Crippen LogP contribution < -0.4 is 0 Å². The molecule has 0 aliphatic heterocycles. The molecule has 0 unspecified atom stereocenters. The van der Waals surface area contributed by atoms with Crippen LogP contribution in [0.4, 0.5) is 13.2 Å². The molecule has 0 aliphatic rings. The fourth-order valence-electron chi connectivity index (χ4n) is 1.10. The molecule has 0 fully saturated rings. The zero-order valence-corrected chi connectivity index (χ0v) is 9.25. The number of hydrogen-bond acceptors (Lipinski definition) is 1. The van der Waals surface area contributed by atoms with E-state index in [1.165, 1.54) is 13.8 Å². The number of carbonyl (C=O) groups is 1. The zero-order chi connectivity index (χ0) is 11.8. The molecule has 0 saturated heterocycles. The summed E-state index contributed by atoms with van der Waals surface area (Å²) in [6.07, 6.45) is -4.21. The standard InChI is InChI=1S/C10H17F3O/c1-6-8(2,3)9(4,5)7(14)10(11,12)13/h6H2,1-5H3. The normalized spacial score (nSPS) is 14.3. The van der Waals surface area contributed by atoms with E-state index in [0.29, 0.717) is 6.42 Å². The highest BCUT2D eigenvalue weighted by atomic mass is 19.4. The summed E-state index contributed by atoms with van der Waals surface area (Å²) in [6, 6.07) is 0. The Labute approximate surface area is 82.7 Å². The maximum absolute atomic E-state index is 12.3. The molecule has 14 heavy (non-hydrogen) atoms. The Hall–Kier alpha value is -0.540. The summed E-state index contributed by atoms with van der Waals surface area (Å²) >= 11 is 0. The van der Waals surface area contributed by atoms with Gasteiger partial charge in [-0.1, -0.05) is 41.0 Å². The maximum Gasteiger partial charge on any atom is 0.450 e. The number of halogens is 3. The van der Waals surface area contributed by atoms with E-state index in [9.17, 15) is 18.0 Å². The Morgan fingerprint density at radius 3 is 1.64 bits per heavy atom. The van der Waals surface area contributed by atoms with Crippen molar-refractivity contribution in [3.63, 3.8) is 0 Å². The summed E-state index contributed by atoms with van der Waals surface area (Å²) < 4.78 is 36.8.